The Morgan fingerprint density at radius 1 is 1.13 bits per heavy atom. The quantitative estimate of drug-likeness (QED) is 0.399. The van der Waals surface area contributed by atoms with Crippen molar-refractivity contribution in [2.45, 2.75) is 24.3 Å². The fourth-order valence-electron chi connectivity index (χ4n) is 2.91. The maximum Gasteiger partial charge on any atom is 0.307 e. The Kier molecular flexibility index (Phi) is 6.12. The minimum absolute atomic E-state index is 0.0923. The highest BCUT2D eigenvalue weighted by Crippen LogP contribution is 2.26. The molecule has 31 heavy (non-hydrogen) atoms. The third-order valence-corrected chi connectivity index (χ3v) is 6.80. The van der Waals surface area contributed by atoms with Gasteiger partial charge in [0.05, 0.1) is 16.2 Å². The molecular formula is C21H19N3O5S2. The number of rotatable bonds is 8. The lowest BCUT2D eigenvalue weighted by Gasteiger charge is -2.10. The summed E-state index contributed by atoms with van der Waals surface area (Å²) in [6, 6.07) is 16.1. The topological polar surface area (TPSA) is 111 Å². The van der Waals surface area contributed by atoms with Crippen LogP contribution in [-0.4, -0.2) is 31.1 Å². The molecule has 0 aliphatic heterocycles. The summed E-state index contributed by atoms with van der Waals surface area (Å²) < 4.78 is 38.3. The molecule has 4 rings (SSSR count). The Hall–Kier alpha value is -3.08. The van der Waals surface area contributed by atoms with Crippen molar-refractivity contribution in [3.8, 4) is 10.8 Å². The molecule has 0 radical (unpaired) electrons. The second kappa shape index (κ2) is 8.96. The molecule has 0 saturated carbocycles. The first-order valence-electron chi connectivity index (χ1n) is 9.47. The summed E-state index contributed by atoms with van der Waals surface area (Å²) >= 11 is 1.46. The van der Waals surface area contributed by atoms with Gasteiger partial charge in [0.1, 0.15) is 0 Å². The number of fused-ring (bicyclic) bond motifs is 1. The average Bonchev–Trinajstić information content (AvgIpc) is 3.45. The number of nitrogens with zero attached hydrogens (tertiary/aromatic N) is 2. The summed E-state index contributed by atoms with van der Waals surface area (Å²) in [5.41, 5.74) is 0. The van der Waals surface area contributed by atoms with Gasteiger partial charge in [-0.3, -0.25) is 4.79 Å². The van der Waals surface area contributed by atoms with E-state index in [4.69, 9.17) is 9.15 Å². The minimum atomic E-state index is -3.75. The van der Waals surface area contributed by atoms with Crippen LogP contribution in [0.2, 0.25) is 0 Å². The first-order valence-corrected chi connectivity index (χ1v) is 11.8. The monoisotopic (exact) mass is 457 g/mol. The molecule has 160 valence electrons. The molecule has 0 aliphatic carbocycles. The highest BCUT2D eigenvalue weighted by molar-refractivity contribution is 7.89. The lowest BCUT2D eigenvalue weighted by molar-refractivity contribution is -0.149. The van der Waals surface area contributed by atoms with E-state index >= 15 is 0 Å². The van der Waals surface area contributed by atoms with Crippen molar-refractivity contribution in [1.29, 1.82) is 0 Å². The smallest absolute Gasteiger partial charge is 0.307 e. The first kappa shape index (κ1) is 21.2. The zero-order valence-electron chi connectivity index (χ0n) is 16.5. The SMILES string of the molecule is CC(OC(=O)CCNS(=O)(=O)c1ccc2ccccc2c1)c1nnc(-c2cccs2)o1. The molecular weight excluding hydrogens is 438 g/mol. The van der Waals surface area contributed by atoms with E-state index in [-0.39, 0.29) is 23.8 Å². The summed E-state index contributed by atoms with van der Waals surface area (Å²) in [7, 11) is -3.75. The Morgan fingerprint density at radius 2 is 1.94 bits per heavy atom. The van der Waals surface area contributed by atoms with Crippen LogP contribution >= 0.6 is 11.3 Å². The highest BCUT2D eigenvalue weighted by atomic mass is 32.2. The highest BCUT2D eigenvalue weighted by Gasteiger charge is 2.20. The molecule has 0 aliphatic rings. The normalized spacial score (nSPS) is 12.7. The Bertz CT molecular complexity index is 1300. The van der Waals surface area contributed by atoms with Crippen LogP contribution in [0.4, 0.5) is 0 Å². The van der Waals surface area contributed by atoms with Crippen molar-refractivity contribution in [3.63, 3.8) is 0 Å². The first-order chi connectivity index (χ1) is 14.9. The van der Waals surface area contributed by atoms with Crippen LogP contribution in [-0.2, 0) is 19.6 Å². The molecule has 2 aromatic carbocycles. The van der Waals surface area contributed by atoms with Crippen LogP contribution in [0.15, 0.2) is 69.3 Å². The minimum Gasteiger partial charge on any atom is -0.453 e. The predicted octanol–water partition coefficient (Wildman–Crippen LogP) is 3.92. The van der Waals surface area contributed by atoms with Gasteiger partial charge in [-0.2, -0.15) is 0 Å². The van der Waals surface area contributed by atoms with E-state index in [0.717, 1.165) is 15.6 Å². The Balaban J connectivity index is 1.31. The van der Waals surface area contributed by atoms with Crippen LogP contribution in [0.1, 0.15) is 25.3 Å². The van der Waals surface area contributed by atoms with Gasteiger partial charge in [-0.15, -0.1) is 21.5 Å². The molecule has 0 saturated heterocycles. The number of nitrogens with one attached hydrogen (secondary N) is 1. The van der Waals surface area contributed by atoms with Gasteiger partial charge in [0.15, 0.2) is 6.10 Å². The summed E-state index contributed by atoms with van der Waals surface area (Å²) in [6.07, 6.45) is -0.880. The molecule has 10 heteroatoms. The van der Waals surface area contributed by atoms with Crippen molar-refractivity contribution in [1.82, 2.24) is 14.9 Å². The lowest BCUT2D eigenvalue weighted by atomic mass is 10.1. The second-order valence-electron chi connectivity index (χ2n) is 6.71. The van der Waals surface area contributed by atoms with E-state index in [1.165, 1.54) is 17.4 Å². The Labute approximate surface area is 182 Å². The standard InChI is InChI=1S/C21H19N3O5S2/c1-14(20-23-24-21(29-20)18-7-4-12-30-18)28-19(25)10-11-22-31(26,27)17-9-8-15-5-2-3-6-16(15)13-17/h2-9,12-14,22H,10-11H2,1H3. The van der Waals surface area contributed by atoms with Gasteiger partial charge < -0.3 is 9.15 Å². The third-order valence-electron chi connectivity index (χ3n) is 4.48. The van der Waals surface area contributed by atoms with Gasteiger partial charge in [0.25, 0.3) is 11.8 Å². The van der Waals surface area contributed by atoms with Crippen molar-refractivity contribution in [2.24, 2.45) is 0 Å². The summed E-state index contributed by atoms with van der Waals surface area (Å²) in [4.78, 5) is 13.1. The number of benzene rings is 2. The van der Waals surface area contributed by atoms with E-state index < -0.39 is 22.1 Å². The van der Waals surface area contributed by atoms with Gasteiger partial charge in [0, 0.05) is 6.54 Å². The van der Waals surface area contributed by atoms with Crippen LogP contribution in [0, 0.1) is 0 Å². The van der Waals surface area contributed by atoms with Crippen LogP contribution in [0.3, 0.4) is 0 Å². The Morgan fingerprint density at radius 3 is 2.71 bits per heavy atom. The number of thiophene rings is 1. The number of hydrogen-bond acceptors (Lipinski definition) is 8. The molecule has 4 aromatic rings. The number of ether oxygens (including phenoxy) is 1. The molecule has 0 fully saturated rings. The zero-order chi connectivity index (χ0) is 21.8. The summed E-state index contributed by atoms with van der Waals surface area (Å²) in [6.45, 7) is 1.52. The number of sulfonamides is 1. The number of hydrogen-bond donors (Lipinski definition) is 1. The molecule has 2 aromatic heterocycles. The third kappa shape index (κ3) is 4.98. The average molecular weight is 458 g/mol. The molecule has 1 unspecified atom stereocenters. The van der Waals surface area contributed by atoms with E-state index in [9.17, 15) is 13.2 Å². The van der Waals surface area contributed by atoms with Crippen LogP contribution in [0.25, 0.3) is 21.5 Å². The molecule has 0 spiro atoms. The zero-order valence-corrected chi connectivity index (χ0v) is 18.2. The molecule has 8 nitrogen and oxygen atoms in total. The maximum atomic E-state index is 12.5. The van der Waals surface area contributed by atoms with Crippen molar-refractivity contribution in [2.75, 3.05) is 6.54 Å². The van der Waals surface area contributed by atoms with Crippen LogP contribution < -0.4 is 4.72 Å². The molecule has 0 bridgehead atoms. The van der Waals surface area contributed by atoms with E-state index in [0.29, 0.717) is 5.89 Å². The second-order valence-corrected chi connectivity index (χ2v) is 9.43. The van der Waals surface area contributed by atoms with Gasteiger partial charge in [0.2, 0.25) is 10.0 Å². The lowest BCUT2D eigenvalue weighted by Crippen LogP contribution is -2.27. The molecule has 1 N–H and O–H groups in total. The number of esters is 1. The predicted molar refractivity (Wildman–Crippen MR) is 116 cm³/mol. The number of carbonyl (C=O) groups is 1. The largest absolute Gasteiger partial charge is 0.453 e. The fraction of sp³-hybridized carbons (Fsp3) is 0.190. The van der Waals surface area contributed by atoms with Gasteiger partial charge in [-0.25, -0.2) is 13.1 Å². The van der Waals surface area contributed by atoms with Gasteiger partial charge in [-0.1, -0.05) is 36.4 Å². The maximum absolute atomic E-state index is 12.5. The van der Waals surface area contributed by atoms with Gasteiger partial charge in [-0.05, 0) is 41.3 Å². The molecule has 0 amide bonds. The van der Waals surface area contributed by atoms with E-state index in [2.05, 4.69) is 14.9 Å². The van der Waals surface area contributed by atoms with Crippen LogP contribution in [0.5, 0.6) is 0 Å². The van der Waals surface area contributed by atoms with Crippen molar-refractivity contribution in [3.05, 3.63) is 65.9 Å². The van der Waals surface area contributed by atoms with Crippen molar-refractivity contribution >= 4 is 38.1 Å². The van der Waals surface area contributed by atoms with E-state index in [1.54, 1.807) is 19.1 Å². The molecule has 2 heterocycles. The number of carbonyl (C=O) groups excluding carboxylic acids is 1. The van der Waals surface area contributed by atoms with Crippen molar-refractivity contribution < 1.29 is 22.4 Å². The molecule has 1 atom stereocenters. The van der Waals surface area contributed by atoms with E-state index in [1.807, 2.05) is 41.8 Å². The summed E-state index contributed by atoms with van der Waals surface area (Å²) in [5, 5.41) is 11.5. The van der Waals surface area contributed by atoms with Gasteiger partial charge >= 0.3 is 5.97 Å². The fourth-order valence-corrected chi connectivity index (χ4v) is 4.62. The number of aromatic nitrogens is 2. The summed E-state index contributed by atoms with van der Waals surface area (Å²) in [5.74, 6) is -0.0471.